The summed E-state index contributed by atoms with van der Waals surface area (Å²) in [6.45, 7) is 0. The van der Waals surface area contributed by atoms with Crippen LogP contribution in [0.4, 0.5) is 16.2 Å². The van der Waals surface area contributed by atoms with Crippen molar-refractivity contribution in [2.45, 2.75) is 0 Å². The molecule has 82 valence electrons. The maximum Gasteiger partial charge on any atom is 0.319 e. The van der Waals surface area contributed by atoms with Gasteiger partial charge in [-0.05, 0) is 18.2 Å². The van der Waals surface area contributed by atoms with Gasteiger partial charge in [-0.25, -0.2) is 4.79 Å². The topological polar surface area (TPSA) is 64.6 Å². The van der Waals surface area contributed by atoms with Crippen LogP contribution in [0.25, 0.3) is 0 Å². The van der Waals surface area contributed by atoms with Crippen molar-refractivity contribution in [3.63, 3.8) is 0 Å². The summed E-state index contributed by atoms with van der Waals surface area (Å²) in [7, 11) is 5.29. The van der Waals surface area contributed by atoms with E-state index in [9.17, 15) is 9.90 Å². The zero-order valence-electron chi connectivity index (χ0n) is 9.03. The third kappa shape index (κ3) is 2.77. The van der Waals surface area contributed by atoms with Crippen molar-refractivity contribution in [1.82, 2.24) is 5.32 Å². The van der Waals surface area contributed by atoms with Crippen LogP contribution in [0, 0.1) is 0 Å². The molecule has 0 aromatic heterocycles. The van der Waals surface area contributed by atoms with Crippen LogP contribution >= 0.6 is 0 Å². The Kier molecular flexibility index (Phi) is 3.38. The van der Waals surface area contributed by atoms with Gasteiger partial charge in [-0.1, -0.05) is 0 Å². The summed E-state index contributed by atoms with van der Waals surface area (Å²) in [6.07, 6.45) is 0. The van der Waals surface area contributed by atoms with Crippen LogP contribution in [0.1, 0.15) is 0 Å². The summed E-state index contributed by atoms with van der Waals surface area (Å²) in [5, 5.41) is 14.4. The first-order chi connectivity index (χ1) is 7.04. The minimum absolute atomic E-state index is 0.0456. The Morgan fingerprint density at radius 3 is 2.60 bits per heavy atom. The molecule has 0 unspecified atom stereocenters. The van der Waals surface area contributed by atoms with Gasteiger partial charge in [-0.2, -0.15) is 0 Å². The molecule has 2 amide bonds. The summed E-state index contributed by atoms with van der Waals surface area (Å²) in [5.74, 6) is 0.0456. The molecule has 0 aliphatic carbocycles. The SMILES string of the molecule is CNC(=O)Nc1cc(N(C)C)ccc1O. The van der Waals surface area contributed by atoms with Crippen molar-refractivity contribution in [3.05, 3.63) is 18.2 Å². The van der Waals surface area contributed by atoms with Gasteiger partial charge >= 0.3 is 6.03 Å². The Bertz CT molecular complexity index is 364. The van der Waals surface area contributed by atoms with Gasteiger partial charge in [0.15, 0.2) is 0 Å². The zero-order chi connectivity index (χ0) is 11.4. The maximum absolute atomic E-state index is 11.1. The third-order valence-electron chi connectivity index (χ3n) is 1.97. The fourth-order valence-corrected chi connectivity index (χ4v) is 1.09. The lowest BCUT2D eigenvalue weighted by molar-refractivity contribution is 0.254. The van der Waals surface area contributed by atoms with E-state index in [-0.39, 0.29) is 11.8 Å². The highest BCUT2D eigenvalue weighted by Gasteiger charge is 2.06. The fourth-order valence-electron chi connectivity index (χ4n) is 1.09. The number of phenolic OH excluding ortho intramolecular Hbond substituents is 1. The minimum atomic E-state index is -0.360. The Labute approximate surface area is 88.7 Å². The van der Waals surface area contributed by atoms with E-state index in [1.807, 2.05) is 19.0 Å². The van der Waals surface area contributed by atoms with Gasteiger partial charge < -0.3 is 20.6 Å². The molecule has 0 heterocycles. The molecule has 0 saturated heterocycles. The van der Waals surface area contributed by atoms with Gasteiger partial charge in [0.05, 0.1) is 5.69 Å². The predicted molar refractivity (Wildman–Crippen MR) is 60.5 cm³/mol. The molecular formula is C10H15N3O2. The standard InChI is InChI=1S/C10H15N3O2/c1-11-10(15)12-8-6-7(13(2)3)4-5-9(8)14/h4-6,14H,1-3H3,(H2,11,12,15). The number of nitrogens with zero attached hydrogens (tertiary/aromatic N) is 1. The average molecular weight is 209 g/mol. The number of hydrogen-bond donors (Lipinski definition) is 3. The van der Waals surface area contributed by atoms with Crippen molar-refractivity contribution in [2.75, 3.05) is 31.4 Å². The second-order valence-corrected chi connectivity index (χ2v) is 3.30. The molecular weight excluding hydrogens is 194 g/mol. The summed E-state index contributed by atoms with van der Waals surface area (Å²) in [6, 6.07) is 4.65. The van der Waals surface area contributed by atoms with Crippen LogP contribution in [0.2, 0.25) is 0 Å². The quantitative estimate of drug-likeness (QED) is 0.641. The molecule has 1 aromatic rings. The van der Waals surface area contributed by atoms with E-state index in [1.165, 1.54) is 7.05 Å². The molecule has 5 heteroatoms. The predicted octanol–water partition coefficient (Wildman–Crippen LogP) is 1.21. The molecule has 1 aromatic carbocycles. The number of rotatable bonds is 2. The lowest BCUT2D eigenvalue weighted by Crippen LogP contribution is -2.24. The van der Waals surface area contributed by atoms with E-state index >= 15 is 0 Å². The van der Waals surface area contributed by atoms with Gasteiger partial charge in [0.1, 0.15) is 5.75 Å². The highest BCUT2D eigenvalue weighted by Crippen LogP contribution is 2.27. The Morgan fingerprint density at radius 1 is 1.40 bits per heavy atom. The van der Waals surface area contributed by atoms with E-state index < -0.39 is 0 Å². The summed E-state index contributed by atoms with van der Waals surface area (Å²) in [5.41, 5.74) is 1.29. The maximum atomic E-state index is 11.1. The summed E-state index contributed by atoms with van der Waals surface area (Å²) >= 11 is 0. The molecule has 0 bridgehead atoms. The second kappa shape index (κ2) is 4.54. The van der Waals surface area contributed by atoms with E-state index in [4.69, 9.17) is 0 Å². The summed E-state index contributed by atoms with van der Waals surface area (Å²) in [4.78, 5) is 13.0. The normalized spacial score (nSPS) is 9.53. The molecule has 1 rings (SSSR count). The lowest BCUT2D eigenvalue weighted by Gasteiger charge is -2.15. The van der Waals surface area contributed by atoms with Crippen LogP contribution < -0.4 is 15.5 Å². The van der Waals surface area contributed by atoms with E-state index in [2.05, 4.69) is 10.6 Å². The largest absolute Gasteiger partial charge is 0.506 e. The number of phenols is 1. The minimum Gasteiger partial charge on any atom is -0.506 e. The molecule has 0 atom stereocenters. The number of hydrogen-bond acceptors (Lipinski definition) is 3. The Balaban J connectivity index is 2.95. The van der Waals surface area contributed by atoms with Crippen molar-refractivity contribution >= 4 is 17.4 Å². The van der Waals surface area contributed by atoms with Crippen LogP contribution in [-0.2, 0) is 0 Å². The molecule has 15 heavy (non-hydrogen) atoms. The number of benzene rings is 1. The van der Waals surface area contributed by atoms with Crippen LogP contribution in [-0.4, -0.2) is 32.3 Å². The number of aromatic hydroxyl groups is 1. The molecule has 0 aliphatic rings. The van der Waals surface area contributed by atoms with Crippen molar-refractivity contribution in [1.29, 1.82) is 0 Å². The summed E-state index contributed by atoms with van der Waals surface area (Å²) < 4.78 is 0. The Morgan fingerprint density at radius 2 is 2.07 bits per heavy atom. The fraction of sp³-hybridized carbons (Fsp3) is 0.300. The van der Waals surface area contributed by atoms with Crippen molar-refractivity contribution < 1.29 is 9.90 Å². The Hall–Kier alpha value is -1.91. The van der Waals surface area contributed by atoms with E-state index in [1.54, 1.807) is 18.2 Å². The number of carbonyl (C=O) groups is 1. The van der Waals surface area contributed by atoms with Crippen LogP contribution in [0.3, 0.4) is 0 Å². The van der Waals surface area contributed by atoms with Crippen LogP contribution in [0.5, 0.6) is 5.75 Å². The molecule has 0 fully saturated rings. The first kappa shape index (κ1) is 11.2. The highest BCUT2D eigenvalue weighted by atomic mass is 16.3. The van der Waals surface area contributed by atoms with Gasteiger partial charge in [0.25, 0.3) is 0 Å². The highest BCUT2D eigenvalue weighted by molar-refractivity contribution is 5.91. The number of nitrogens with one attached hydrogen (secondary N) is 2. The molecule has 0 radical (unpaired) electrons. The lowest BCUT2D eigenvalue weighted by atomic mass is 10.2. The first-order valence-electron chi connectivity index (χ1n) is 4.53. The van der Waals surface area contributed by atoms with Crippen molar-refractivity contribution in [2.24, 2.45) is 0 Å². The monoisotopic (exact) mass is 209 g/mol. The molecule has 5 nitrogen and oxygen atoms in total. The third-order valence-corrected chi connectivity index (χ3v) is 1.97. The van der Waals surface area contributed by atoms with Crippen LogP contribution in [0.15, 0.2) is 18.2 Å². The molecule has 0 aliphatic heterocycles. The first-order valence-corrected chi connectivity index (χ1v) is 4.53. The zero-order valence-corrected chi connectivity index (χ0v) is 9.03. The second-order valence-electron chi connectivity index (χ2n) is 3.30. The number of amides is 2. The van der Waals surface area contributed by atoms with E-state index in [0.717, 1.165) is 5.69 Å². The molecule has 0 spiro atoms. The average Bonchev–Trinajstić information content (AvgIpc) is 2.20. The van der Waals surface area contributed by atoms with Crippen molar-refractivity contribution in [3.8, 4) is 5.75 Å². The number of anilines is 2. The van der Waals surface area contributed by atoms with Gasteiger partial charge in [0, 0.05) is 26.8 Å². The van der Waals surface area contributed by atoms with E-state index in [0.29, 0.717) is 5.69 Å². The molecule has 0 saturated carbocycles. The van der Waals surface area contributed by atoms with Gasteiger partial charge in [-0.3, -0.25) is 0 Å². The molecule has 3 N–H and O–H groups in total. The number of carbonyl (C=O) groups excluding carboxylic acids is 1. The number of urea groups is 1. The van der Waals surface area contributed by atoms with Gasteiger partial charge in [0.2, 0.25) is 0 Å². The van der Waals surface area contributed by atoms with Gasteiger partial charge in [-0.15, -0.1) is 0 Å². The smallest absolute Gasteiger partial charge is 0.319 e.